The third-order valence-electron chi connectivity index (χ3n) is 3.40. The molecule has 3 N–H and O–H groups in total. The first-order valence-electron chi connectivity index (χ1n) is 6.61. The van der Waals surface area contributed by atoms with Gasteiger partial charge < -0.3 is 15.1 Å². The Morgan fingerprint density at radius 2 is 2.11 bits per heavy atom. The highest BCUT2D eigenvalue weighted by molar-refractivity contribution is 5.76. The summed E-state index contributed by atoms with van der Waals surface area (Å²) in [4.78, 5) is 13.7. The number of nitrogens with one attached hydrogen (secondary N) is 3. The van der Waals surface area contributed by atoms with Crippen molar-refractivity contribution in [1.82, 2.24) is 10.3 Å². The number of rotatable bonds is 6. The van der Waals surface area contributed by atoms with E-state index in [1.165, 1.54) is 0 Å². The summed E-state index contributed by atoms with van der Waals surface area (Å²) in [7, 11) is 1.97. The molecule has 1 atom stereocenters. The maximum atomic E-state index is 11.1. The smallest absolute Gasteiger partial charge is 0.408 e. The lowest BCUT2D eigenvalue weighted by Gasteiger charge is -2.21. The zero-order valence-electron chi connectivity index (χ0n) is 11.6. The number of aromatic nitrogens is 1. The van der Waals surface area contributed by atoms with Gasteiger partial charge in [-0.25, -0.2) is 4.79 Å². The average molecular weight is 263 g/mol. The summed E-state index contributed by atoms with van der Waals surface area (Å²) >= 11 is 0. The highest BCUT2D eigenvalue weighted by Gasteiger charge is 2.12. The van der Waals surface area contributed by atoms with Gasteiger partial charge in [0.15, 0.2) is 5.58 Å². The second-order valence-electron chi connectivity index (χ2n) is 5.17. The number of benzene rings is 1. The molecule has 1 aromatic heterocycles. The van der Waals surface area contributed by atoms with Crippen LogP contribution in [0.25, 0.3) is 11.1 Å². The second kappa shape index (κ2) is 5.93. The van der Waals surface area contributed by atoms with Gasteiger partial charge in [0.1, 0.15) is 0 Å². The lowest BCUT2D eigenvalue weighted by molar-refractivity contribution is 0.390. The molecule has 104 valence electrons. The van der Waals surface area contributed by atoms with Gasteiger partial charge in [-0.05, 0) is 37.6 Å². The molecule has 1 heterocycles. The van der Waals surface area contributed by atoms with Crippen molar-refractivity contribution in [2.45, 2.75) is 13.8 Å². The van der Waals surface area contributed by atoms with E-state index < -0.39 is 5.76 Å². The molecule has 0 radical (unpaired) electrons. The van der Waals surface area contributed by atoms with E-state index in [1.807, 2.05) is 25.2 Å². The second-order valence-corrected chi connectivity index (χ2v) is 5.17. The number of fused-ring (bicyclic) bond motifs is 1. The first-order chi connectivity index (χ1) is 9.10. The minimum Gasteiger partial charge on any atom is -0.408 e. The molecule has 0 amide bonds. The number of hydrogen-bond acceptors (Lipinski definition) is 4. The molecule has 2 rings (SSSR count). The van der Waals surface area contributed by atoms with Crippen LogP contribution in [0.4, 0.5) is 5.69 Å². The number of anilines is 1. The Morgan fingerprint density at radius 1 is 1.32 bits per heavy atom. The topological polar surface area (TPSA) is 70.1 Å². The van der Waals surface area contributed by atoms with Crippen molar-refractivity contribution >= 4 is 16.8 Å². The standard InChI is InChI=1S/C14H21N3O2/c1-9(2)10(7-15-3)8-16-11-4-5-12-13(6-11)19-14(18)17-12/h4-6,9-10,15-16H,7-8H2,1-3H3,(H,17,18). The van der Waals surface area contributed by atoms with Crippen LogP contribution in [0.15, 0.2) is 27.4 Å². The van der Waals surface area contributed by atoms with E-state index in [1.54, 1.807) is 0 Å². The van der Waals surface area contributed by atoms with Crippen molar-refractivity contribution in [2.75, 3.05) is 25.5 Å². The van der Waals surface area contributed by atoms with E-state index in [0.717, 1.165) is 24.3 Å². The highest BCUT2D eigenvalue weighted by atomic mass is 16.4. The lowest BCUT2D eigenvalue weighted by atomic mass is 9.95. The molecule has 19 heavy (non-hydrogen) atoms. The van der Waals surface area contributed by atoms with E-state index >= 15 is 0 Å². The Morgan fingerprint density at radius 3 is 2.79 bits per heavy atom. The van der Waals surface area contributed by atoms with Crippen molar-refractivity contribution in [1.29, 1.82) is 0 Å². The molecule has 0 aliphatic rings. The first kappa shape index (κ1) is 13.7. The molecular weight excluding hydrogens is 242 g/mol. The summed E-state index contributed by atoms with van der Waals surface area (Å²) in [5, 5.41) is 6.61. The molecule has 0 bridgehead atoms. The molecule has 2 aromatic rings. The molecular formula is C14H21N3O2. The van der Waals surface area contributed by atoms with Crippen LogP contribution in [0.3, 0.4) is 0 Å². The number of H-pyrrole nitrogens is 1. The SMILES string of the molecule is CNCC(CNc1ccc2[nH]c(=O)oc2c1)C(C)C. The number of hydrogen-bond donors (Lipinski definition) is 3. The van der Waals surface area contributed by atoms with Gasteiger partial charge in [-0.1, -0.05) is 13.8 Å². The minimum atomic E-state index is -0.414. The average Bonchev–Trinajstić information content (AvgIpc) is 2.73. The van der Waals surface area contributed by atoms with Crippen LogP contribution >= 0.6 is 0 Å². The normalized spacial score (nSPS) is 13.1. The third kappa shape index (κ3) is 3.38. The quantitative estimate of drug-likeness (QED) is 0.745. The summed E-state index contributed by atoms with van der Waals surface area (Å²) < 4.78 is 5.05. The van der Waals surface area contributed by atoms with Crippen molar-refractivity contribution in [3.8, 4) is 0 Å². The fraction of sp³-hybridized carbons (Fsp3) is 0.500. The Hall–Kier alpha value is -1.75. The van der Waals surface area contributed by atoms with Crippen LogP contribution in [0.2, 0.25) is 0 Å². The van der Waals surface area contributed by atoms with Crippen molar-refractivity contribution in [3.05, 3.63) is 28.7 Å². The van der Waals surface area contributed by atoms with E-state index in [9.17, 15) is 4.79 Å². The largest absolute Gasteiger partial charge is 0.417 e. The van der Waals surface area contributed by atoms with Gasteiger partial charge in [0.2, 0.25) is 0 Å². The summed E-state index contributed by atoms with van der Waals surface area (Å²) in [6.07, 6.45) is 0. The van der Waals surface area contributed by atoms with Crippen molar-refractivity contribution in [2.24, 2.45) is 11.8 Å². The maximum Gasteiger partial charge on any atom is 0.417 e. The fourth-order valence-electron chi connectivity index (χ4n) is 2.11. The van der Waals surface area contributed by atoms with Gasteiger partial charge >= 0.3 is 5.76 Å². The van der Waals surface area contributed by atoms with Crippen LogP contribution in [0.1, 0.15) is 13.8 Å². The first-order valence-corrected chi connectivity index (χ1v) is 6.61. The van der Waals surface area contributed by atoms with Crippen LogP contribution in [-0.4, -0.2) is 25.1 Å². The van der Waals surface area contributed by atoms with E-state index in [2.05, 4.69) is 29.5 Å². The van der Waals surface area contributed by atoms with Crippen LogP contribution < -0.4 is 16.4 Å². The van der Waals surface area contributed by atoms with Gasteiger partial charge in [-0.3, -0.25) is 4.98 Å². The summed E-state index contributed by atoms with van der Waals surface area (Å²) in [6.45, 7) is 6.31. The Balaban J connectivity index is 2.06. The molecule has 1 aromatic carbocycles. The number of oxazole rings is 1. The van der Waals surface area contributed by atoms with Gasteiger partial charge in [-0.15, -0.1) is 0 Å². The molecule has 0 fully saturated rings. The predicted molar refractivity (Wildman–Crippen MR) is 77.6 cm³/mol. The molecule has 5 heteroatoms. The van der Waals surface area contributed by atoms with Crippen molar-refractivity contribution < 1.29 is 4.42 Å². The summed E-state index contributed by atoms with van der Waals surface area (Å²) in [6, 6.07) is 5.65. The fourth-order valence-corrected chi connectivity index (χ4v) is 2.11. The monoisotopic (exact) mass is 263 g/mol. The highest BCUT2D eigenvalue weighted by Crippen LogP contribution is 2.18. The van der Waals surface area contributed by atoms with E-state index in [0.29, 0.717) is 17.4 Å². The van der Waals surface area contributed by atoms with Crippen LogP contribution in [-0.2, 0) is 0 Å². The van der Waals surface area contributed by atoms with Crippen molar-refractivity contribution in [3.63, 3.8) is 0 Å². The van der Waals surface area contributed by atoms with E-state index in [-0.39, 0.29) is 0 Å². The molecule has 0 aliphatic heterocycles. The number of aromatic amines is 1. The van der Waals surface area contributed by atoms with Gasteiger partial charge in [-0.2, -0.15) is 0 Å². The molecule has 0 saturated carbocycles. The summed E-state index contributed by atoms with van der Waals surface area (Å²) in [5.41, 5.74) is 2.29. The maximum absolute atomic E-state index is 11.1. The minimum absolute atomic E-state index is 0.414. The van der Waals surface area contributed by atoms with Gasteiger partial charge in [0.05, 0.1) is 5.52 Å². The molecule has 0 saturated heterocycles. The zero-order valence-corrected chi connectivity index (χ0v) is 11.6. The molecule has 1 unspecified atom stereocenters. The summed E-state index contributed by atoms with van der Waals surface area (Å²) in [5.74, 6) is 0.746. The van der Waals surface area contributed by atoms with Gasteiger partial charge in [0, 0.05) is 18.3 Å². The zero-order chi connectivity index (χ0) is 13.8. The van der Waals surface area contributed by atoms with E-state index in [4.69, 9.17) is 4.42 Å². The van der Waals surface area contributed by atoms with Crippen LogP contribution in [0.5, 0.6) is 0 Å². The lowest BCUT2D eigenvalue weighted by Crippen LogP contribution is -2.29. The Kier molecular flexibility index (Phi) is 4.27. The van der Waals surface area contributed by atoms with Crippen LogP contribution in [0, 0.1) is 11.8 Å². The predicted octanol–water partition coefficient (Wildman–Crippen LogP) is 2.02. The molecule has 0 aliphatic carbocycles. The van der Waals surface area contributed by atoms with Gasteiger partial charge in [0.25, 0.3) is 0 Å². The Bertz CT molecular complexity index is 586. The molecule has 0 spiro atoms. The molecule has 5 nitrogen and oxygen atoms in total. The third-order valence-corrected chi connectivity index (χ3v) is 3.40. The Labute approximate surface area is 112 Å².